The van der Waals surface area contributed by atoms with Crippen molar-refractivity contribution in [2.75, 3.05) is 28.7 Å². The molecule has 0 heterocycles. The van der Waals surface area contributed by atoms with Gasteiger partial charge >= 0.3 is 5.97 Å². The zero-order valence-corrected chi connectivity index (χ0v) is 17.2. The van der Waals surface area contributed by atoms with Gasteiger partial charge < -0.3 is 15.4 Å². The summed E-state index contributed by atoms with van der Waals surface area (Å²) in [6, 6.07) is 11.7. The van der Waals surface area contributed by atoms with Gasteiger partial charge in [0.2, 0.25) is 11.8 Å². The highest BCUT2D eigenvalue weighted by Gasteiger charge is 2.10. The molecule has 2 amide bonds. The Labute approximate surface area is 173 Å². The van der Waals surface area contributed by atoms with Crippen LogP contribution < -0.4 is 10.6 Å². The number of anilines is 2. The van der Waals surface area contributed by atoms with Crippen molar-refractivity contribution in [1.29, 1.82) is 0 Å². The van der Waals surface area contributed by atoms with Crippen LogP contribution in [-0.2, 0) is 14.3 Å². The first-order valence-electron chi connectivity index (χ1n) is 8.60. The smallest absolute Gasteiger partial charge is 0.338 e. The van der Waals surface area contributed by atoms with Crippen molar-refractivity contribution in [2.45, 2.75) is 13.8 Å². The summed E-state index contributed by atoms with van der Waals surface area (Å²) in [7, 11) is 0. The Hall–Kier alpha value is -2.51. The molecule has 0 bridgehead atoms. The number of rotatable bonds is 8. The summed E-state index contributed by atoms with van der Waals surface area (Å²) in [4.78, 5) is 35.6. The number of thioether (sulfide) groups is 1. The first kappa shape index (κ1) is 21.8. The highest BCUT2D eigenvalue weighted by atomic mass is 35.5. The average Bonchev–Trinajstić information content (AvgIpc) is 2.66. The minimum absolute atomic E-state index is 0.127. The molecule has 0 atom stereocenters. The number of ether oxygens (including phenoxy) is 1. The first-order valence-corrected chi connectivity index (χ1v) is 10.1. The van der Waals surface area contributed by atoms with Gasteiger partial charge in [0.15, 0.2) is 0 Å². The maximum absolute atomic E-state index is 12.0. The van der Waals surface area contributed by atoms with Crippen molar-refractivity contribution in [3.05, 3.63) is 58.6 Å². The molecular weight excluding hydrogens is 400 g/mol. The van der Waals surface area contributed by atoms with E-state index in [1.54, 1.807) is 49.4 Å². The summed E-state index contributed by atoms with van der Waals surface area (Å²) < 4.78 is 4.91. The molecule has 0 aliphatic carbocycles. The Morgan fingerprint density at radius 3 is 2.29 bits per heavy atom. The lowest BCUT2D eigenvalue weighted by Crippen LogP contribution is -2.19. The van der Waals surface area contributed by atoms with Crippen molar-refractivity contribution >= 4 is 52.5 Å². The number of hydrogen-bond acceptors (Lipinski definition) is 5. The van der Waals surface area contributed by atoms with E-state index in [0.717, 1.165) is 5.56 Å². The van der Waals surface area contributed by atoms with Gasteiger partial charge in [-0.2, -0.15) is 0 Å². The van der Waals surface area contributed by atoms with Crippen molar-refractivity contribution in [2.24, 2.45) is 0 Å². The third kappa shape index (κ3) is 6.58. The Morgan fingerprint density at radius 2 is 1.64 bits per heavy atom. The maximum atomic E-state index is 12.0. The predicted octanol–water partition coefficient (Wildman–Crippen LogP) is 4.14. The van der Waals surface area contributed by atoms with E-state index >= 15 is 0 Å². The standard InChI is InChI=1S/C20H21ClN2O4S/c1-3-27-20(26)14-7-9-15(10-8-14)22-18(24)11-28-12-19(25)23-17-6-4-5-16(21)13(17)2/h4-10H,3,11-12H2,1-2H3,(H,22,24)(H,23,25). The van der Waals surface area contributed by atoms with Crippen molar-refractivity contribution in [1.82, 2.24) is 0 Å². The van der Waals surface area contributed by atoms with Crippen LogP contribution in [-0.4, -0.2) is 35.9 Å². The van der Waals surface area contributed by atoms with Gasteiger partial charge in [0.25, 0.3) is 0 Å². The summed E-state index contributed by atoms with van der Waals surface area (Å²) in [5, 5.41) is 6.08. The van der Waals surface area contributed by atoms with Crippen LogP contribution in [0.3, 0.4) is 0 Å². The van der Waals surface area contributed by atoms with E-state index in [-0.39, 0.29) is 23.3 Å². The highest BCUT2D eigenvalue weighted by molar-refractivity contribution is 8.00. The third-order valence-corrected chi connectivity index (χ3v) is 5.03. The molecule has 0 spiro atoms. The zero-order valence-electron chi connectivity index (χ0n) is 15.6. The normalized spacial score (nSPS) is 10.2. The van der Waals surface area contributed by atoms with Crippen LogP contribution in [0.25, 0.3) is 0 Å². The van der Waals surface area contributed by atoms with Gasteiger partial charge in [-0.25, -0.2) is 4.79 Å². The van der Waals surface area contributed by atoms with Crippen LogP contribution in [0.4, 0.5) is 11.4 Å². The summed E-state index contributed by atoms with van der Waals surface area (Å²) in [5.41, 5.74) is 2.44. The van der Waals surface area contributed by atoms with Crippen LogP contribution in [0.2, 0.25) is 5.02 Å². The van der Waals surface area contributed by atoms with Crippen molar-refractivity contribution < 1.29 is 19.1 Å². The molecule has 0 fully saturated rings. The molecule has 2 aromatic rings. The second-order valence-electron chi connectivity index (χ2n) is 5.80. The number of hydrogen-bond donors (Lipinski definition) is 2. The number of benzene rings is 2. The molecule has 148 valence electrons. The molecule has 28 heavy (non-hydrogen) atoms. The summed E-state index contributed by atoms with van der Waals surface area (Å²) in [5.74, 6) is -0.581. The molecule has 0 unspecified atom stereocenters. The molecule has 0 radical (unpaired) electrons. The number of esters is 1. The maximum Gasteiger partial charge on any atom is 0.338 e. The van der Waals surface area contributed by atoms with Gasteiger partial charge in [0, 0.05) is 16.4 Å². The SMILES string of the molecule is CCOC(=O)c1ccc(NC(=O)CSCC(=O)Nc2cccc(Cl)c2C)cc1. The summed E-state index contributed by atoms with van der Waals surface area (Å²) >= 11 is 7.23. The zero-order chi connectivity index (χ0) is 20.5. The van der Waals surface area contributed by atoms with E-state index in [4.69, 9.17) is 16.3 Å². The van der Waals surface area contributed by atoms with Crippen LogP contribution in [0, 0.1) is 6.92 Å². The average molecular weight is 421 g/mol. The lowest BCUT2D eigenvalue weighted by atomic mass is 10.2. The predicted molar refractivity (Wildman–Crippen MR) is 113 cm³/mol. The second-order valence-corrected chi connectivity index (χ2v) is 7.19. The summed E-state index contributed by atoms with van der Waals surface area (Å²) in [6.07, 6.45) is 0. The van der Waals surface area contributed by atoms with Gasteiger partial charge in [-0.15, -0.1) is 11.8 Å². The van der Waals surface area contributed by atoms with Crippen LogP contribution in [0.5, 0.6) is 0 Å². The largest absolute Gasteiger partial charge is 0.462 e. The van der Waals surface area contributed by atoms with Gasteiger partial charge in [-0.05, 0) is 55.8 Å². The molecule has 2 N–H and O–H groups in total. The molecule has 2 rings (SSSR count). The molecular formula is C20H21ClN2O4S. The monoisotopic (exact) mass is 420 g/mol. The number of carbonyl (C=O) groups is 3. The molecule has 0 aliphatic heterocycles. The first-order chi connectivity index (χ1) is 13.4. The van der Waals surface area contributed by atoms with E-state index < -0.39 is 5.97 Å². The van der Waals surface area contributed by atoms with E-state index in [0.29, 0.717) is 28.6 Å². The van der Waals surface area contributed by atoms with Gasteiger partial charge in [-0.1, -0.05) is 17.7 Å². The van der Waals surface area contributed by atoms with Gasteiger partial charge in [-0.3, -0.25) is 9.59 Å². The summed E-state index contributed by atoms with van der Waals surface area (Å²) in [6.45, 7) is 3.87. The molecule has 2 aromatic carbocycles. The van der Waals surface area contributed by atoms with Gasteiger partial charge in [0.05, 0.1) is 23.7 Å². The Balaban J connectivity index is 1.75. The van der Waals surface area contributed by atoms with Crippen LogP contribution >= 0.6 is 23.4 Å². The fourth-order valence-corrected chi connectivity index (χ4v) is 3.06. The quantitative estimate of drug-likeness (QED) is 0.627. The second kappa shape index (κ2) is 10.7. The fourth-order valence-electron chi connectivity index (χ4n) is 2.27. The van der Waals surface area contributed by atoms with Gasteiger partial charge in [0.1, 0.15) is 0 Å². The molecule has 0 saturated heterocycles. The lowest BCUT2D eigenvalue weighted by molar-refractivity contribution is -0.114. The highest BCUT2D eigenvalue weighted by Crippen LogP contribution is 2.23. The fraction of sp³-hybridized carbons (Fsp3) is 0.250. The minimum atomic E-state index is -0.406. The molecule has 0 aliphatic rings. The number of carbonyl (C=O) groups excluding carboxylic acids is 3. The van der Waals surface area contributed by atoms with Crippen LogP contribution in [0.1, 0.15) is 22.8 Å². The Kier molecular flexibility index (Phi) is 8.35. The lowest BCUT2D eigenvalue weighted by Gasteiger charge is -2.09. The third-order valence-electron chi connectivity index (χ3n) is 3.69. The Morgan fingerprint density at radius 1 is 1.00 bits per heavy atom. The van der Waals surface area contributed by atoms with Crippen LogP contribution in [0.15, 0.2) is 42.5 Å². The van der Waals surface area contributed by atoms with E-state index in [1.807, 2.05) is 6.92 Å². The topological polar surface area (TPSA) is 84.5 Å². The van der Waals surface area contributed by atoms with E-state index in [2.05, 4.69) is 10.6 Å². The molecule has 0 saturated carbocycles. The molecule has 0 aromatic heterocycles. The Bertz CT molecular complexity index is 856. The molecule has 8 heteroatoms. The van der Waals surface area contributed by atoms with Crippen molar-refractivity contribution in [3.63, 3.8) is 0 Å². The number of amides is 2. The number of nitrogens with one attached hydrogen (secondary N) is 2. The van der Waals surface area contributed by atoms with E-state index in [9.17, 15) is 14.4 Å². The van der Waals surface area contributed by atoms with Crippen molar-refractivity contribution in [3.8, 4) is 0 Å². The van der Waals surface area contributed by atoms with E-state index in [1.165, 1.54) is 11.8 Å². The number of halogens is 1. The minimum Gasteiger partial charge on any atom is -0.462 e. The molecule has 6 nitrogen and oxygen atoms in total.